The highest BCUT2D eigenvalue weighted by atomic mass is 16.5. The van der Waals surface area contributed by atoms with Gasteiger partial charge in [-0.25, -0.2) is 0 Å². The van der Waals surface area contributed by atoms with Gasteiger partial charge in [0, 0.05) is 0 Å². The van der Waals surface area contributed by atoms with Crippen LogP contribution in [0.15, 0.2) is 54.6 Å². The number of hydrazine groups is 1. The zero-order valence-corrected chi connectivity index (χ0v) is 14.3. The average molecular weight is 342 g/mol. The minimum absolute atomic E-state index is 0.189. The number of amides is 2. The van der Waals surface area contributed by atoms with E-state index >= 15 is 0 Å². The smallest absolute Gasteiger partial charge is 0.279 e. The van der Waals surface area contributed by atoms with Crippen molar-refractivity contribution in [3.05, 3.63) is 60.2 Å². The van der Waals surface area contributed by atoms with E-state index in [1.807, 2.05) is 43.3 Å². The zero-order chi connectivity index (χ0) is 18.1. The first-order chi connectivity index (χ1) is 12.1. The van der Waals surface area contributed by atoms with E-state index in [0.29, 0.717) is 11.5 Å². The minimum atomic E-state index is -0.746. The van der Waals surface area contributed by atoms with E-state index in [0.717, 1.165) is 12.0 Å². The summed E-state index contributed by atoms with van der Waals surface area (Å²) in [6.07, 6.45) is 0.0625. The Morgan fingerprint density at radius 1 is 1.00 bits per heavy atom. The van der Waals surface area contributed by atoms with Crippen molar-refractivity contribution in [3.63, 3.8) is 0 Å². The van der Waals surface area contributed by atoms with Gasteiger partial charge in [0.05, 0.1) is 0 Å². The van der Waals surface area contributed by atoms with Crippen LogP contribution in [-0.2, 0) is 16.0 Å². The number of hydrogen-bond donors (Lipinski definition) is 2. The number of carbonyl (C=O) groups is 2. The molecule has 25 heavy (non-hydrogen) atoms. The summed E-state index contributed by atoms with van der Waals surface area (Å²) in [4.78, 5) is 23.7. The lowest BCUT2D eigenvalue weighted by Gasteiger charge is -2.15. The lowest BCUT2D eigenvalue weighted by molar-refractivity contribution is -0.133. The van der Waals surface area contributed by atoms with Crippen molar-refractivity contribution in [2.24, 2.45) is 0 Å². The molecule has 0 saturated heterocycles. The molecule has 0 aliphatic heterocycles. The van der Waals surface area contributed by atoms with Crippen molar-refractivity contribution in [1.82, 2.24) is 10.9 Å². The number of ether oxygens (including phenoxy) is 2. The minimum Gasteiger partial charge on any atom is -0.483 e. The summed E-state index contributed by atoms with van der Waals surface area (Å²) < 4.78 is 11.0. The molecule has 0 saturated carbocycles. The standard InChI is InChI=1S/C19H22N2O4/c1-3-15-9-7-8-12-17(15)24-13-18(22)20-21-19(23)14(2)25-16-10-5-4-6-11-16/h4-12,14H,3,13H2,1-2H3,(H,20,22)(H,21,23). The van der Waals surface area contributed by atoms with Gasteiger partial charge in [0.2, 0.25) is 0 Å². The van der Waals surface area contributed by atoms with Gasteiger partial charge < -0.3 is 9.47 Å². The van der Waals surface area contributed by atoms with Gasteiger partial charge in [-0.3, -0.25) is 20.4 Å². The van der Waals surface area contributed by atoms with Crippen LogP contribution in [0.1, 0.15) is 19.4 Å². The number of aryl methyl sites for hydroxylation is 1. The number of nitrogens with one attached hydrogen (secondary N) is 2. The molecular weight excluding hydrogens is 320 g/mol. The van der Waals surface area contributed by atoms with Crippen molar-refractivity contribution in [2.45, 2.75) is 26.4 Å². The predicted octanol–water partition coefficient (Wildman–Crippen LogP) is 2.24. The molecule has 6 heteroatoms. The molecule has 0 radical (unpaired) electrons. The van der Waals surface area contributed by atoms with Crippen LogP contribution >= 0.6 is 0 Å². The Labute approximate surface area is 147 Å². The summed E-state index contributed by atoms with van der Waals surface area (Å²) in [5.41, 5.74) is 5.66. The van der Waals surface area contributed by atoms with Crippen LogP contribution in [0.4, 0.5) is 0 Å². The molecule has 2 N–H and O–H groups in total. The predicted molar refractivity (Wildman–Crippen MR) is 94.1 cm³/mol. The fourth-order valence-corrected chi connectivity index (χ4v) is 2.11. The van der Waals surface area contributed by atoms with Crippen LogP contribution in [0.25, 0.3) is 0 Å². The first-order valence-corrected chi connectivity index (χ1v) is 8.11. The second-order valence-corrected chi connectivity index (χ2v) is 5.36. The lowest BCUT2D eigenvalue weighted by Crippen LogP contribution is -2.48. The Balaban J connectivity index is 1.74. The third-order valence-electron chi connectivity index (χ3n) is 3.46. The maximum absolute atomic E-state index is 11.9. The number of para-hydroxylation sites is 2. The Kier molecular flexibility index (Phi) is 6.83. The Hall–Kier alpha value is -3.02. The van der Waals surface area contributed by atoms with Crippen LogP contribution < -0.4 is 20.3 Å². The molecule has 2 amide bonds. The van der Waals surface area contributed by atoms with E-state index in [4.69, 9.17) is 9.47 Å². The van der Waals surface area contributed by atoms with E-state index < -0.39 is 17.9 Å². The first-order valence-electron chi connectivity index (χ1n) is 8.11. The topological polar surface area (TPSA) is 76.7 Å². The molecule has 2 aromatic rings. The second kappa shape index (κ2) is 9.32. The maximum Gasteiger partial charge on any atom is 0.279 e. The van der Waals surface area contributed by atoms with Crippen molar-refractivity contribution in [1.29, 1.82) is 0 Å². The molecule has 0 fully saturated rings. The van der Waals surface area contributed by atoms with Gasteiger partial charge in [0.25, 0.3) is 11.8 Å². The summed E-state index contributed by atoms with van der Waals surface area (Å²) in [5, 5.41) is 0. The van der Waals surface area contributed by atoms with Crippen LogP contribution in [0, 0.1) is 0 Å². The molecule has 0 aliphatic rings. The van der Waals surface area contributed by atoms with E-state index in [1.54, 1.807) is 25.1 Å². The third-order valence-corrected chi connectivity index (χ3v) is 3.46. The monoisotopic (exact) mass is 342 g/mol. The second-order valence-electron chi connectivity index (χ2n) is 5.36. The van der Waals surface area contributed by atoms with Gasteiger partial charge in [-0.15, -0.1) is 0 Å². The molecular formula is C19H22N2O4. The number of benzene rings is 2. The SMILES string of the molecule is CCc1ccccc1OCC(=O)NNC(=O)C(C)Oc1ccccc1. The van der Waals surface area contributed by atoms with Gasteiger partial charge in [0.15, 0.2) is 12.7 Å². The third kappa shape index (κ3) is 5.84. The summed E-state index contributed by atoms with van der Waals surface area (Å²) >= 11 is 0. The largest absolute Gasteiger partial charge is 0.483 e. The highest BCUT2D eigenvalue weighted by molar-refractivity contribution is 5.85. The summed E-state index contributed by atoms with van der Waals surface area (Å²) in [6, 6.07) is 16.5. The van der Waals surface area contributed by atoms with E-state index in [-0.39, 0.29) is 6.61 Å². The molecule has 1 unspecified atom stereocenters. The van der Waals surface area contributed by atoms with E-state index in [1.165, 1.54) is 0 Å². The van der Waals surface area contributed by atoms with Crippen molar-refractivity contribution >= 4 is 11.8 Å². The van der Waals surface area contributed by atoms with Crippen LogP contribution in [0.2, 0.25) is 0 Å². The van der Waals surface area contributed by atoms with Crippen LogP contribution in [0.3, 0.4) is 0 Å². The molecule has 0 heterocycles. The fourth-order valence-electron chi connectivity index (χ4n) is 2.11. The summed E-state index contributed by atoms with van der Waals surface area (Å²) in [6.45, 7) is 3.42. The highest BCUT2D eigenvalue weighted by Crippen LogP contribution is 2.17. The highest BCUT2D eigenvalue weighted by Gasteiger charge is 2.15. The van der Waals surface area contributed by atoms with Crippen molar-refractivity contribution < 1.29 is 19.1 Å². The van der Waals surface area contributed by atoms with E-state index in [9.17, 15) is 9.59 Å². The summed E-state index contributed by atoms with van der Waals surface area (Å²) in [7, 11) is 0. The molecule has 6 nitrogen and oxygen atoms in total. The molecule has 1 atom stereocenters. The molecule has 2 rings (SSSR count). The molecule has 132 valence electrons. The molecule has 0 spiro atoms. The van der Waals surface area contributed by atoms with Gasteiger partial charge in [0.1, 0.15) is 11.5 Å². The Bertz CT molecular complexity index is 704. The normalized spacial score (nSPS) is 11.3. The van der Waals surface area contributed by atoms with Crippen LogP contribution in [-0.4, -0.2) is 24.5 Å². The number of hydrogen-bond acceptors (Lipinski definition) is 4. The molecule has 0 bridgehead atoms. The molecule has 0 aromatic heterocycles. The summed E-state index contributed by atoms with van der Waals surface area (Å²) in [5.74, 6) is 0.334. The average Bonchev–Trinajstić information content (AvgIpc) is 2.65. The van der Waals surface area contributed by atoms with Gasteiger partial charge in [-0.05, 0) is 37.1 Å². The van der Waals surface area contributed by atoms with Gasteiger partial charge >= 0.3 is 0 Å². The molecule has 2 aromatic carbocycles. The maximum atomic E-state index is 11.9. The Morgan fingerprint density at radius 2 is 1.68 bits per heavy atom. The Morgan fingerprint density at radius 3 is 2.40 bits per heavy atom. The van der Waals surface area contributed by atoms with Gasteiger partial charge in [-0.2, -0.15) is 0 Å². The van der Waals surface area contributed by atoms with Crippen molar-refractivity contribution in [2.75, 3.05) is 6.61 Å². The lowest BCUT2D eigenvalue weighted by atomic mass is 10.1. The fraction of sp³-hybridized carbons (Fsp3) is 0.263. The number of rotatable bonds is 7. The first kappa shape index (κ1) is 18.3. The quantitative estimate of drug-likeness (QED) is 0.757. The van der Waals surface area contributed by atoms with Gasteiger partial charge in [-0.1, -0.05) is 43.3 Å². The van der Waals surface area contributed by atoms with Crippen molar-refractivity contribution in [3.8, 4) is 11.5 Å². The number of carbonyl (C=O) groups excluding carboxylic acids is 2. The van der Waals surface area contributed by atoms with Crippen LogP contribution in [0.5, 0.6) is 11.5 Å². The molecule has 0 aliphatic carbocycles. The zero-order valence-electron chi connectivity index (χ0n) is 14.3. The van der Waals surface area contributed by atoms with E-state index in [2.05, 4.69) is 10.9 Å².